The van der Waals surface area contributed by atoms with E-state index in [4.69, 9.17) is 9.47 Å². The zero-order valence-electron chi connectivity index (χ0n) is 18.5. The average molecular weight is 419 g/mol. The fourth-order valence-corrected chi connectivity index (χ4v) is 8.17. The van der Waals surface area contributed by atoms with Crippen molar-refractivity contribution >= 4 is 17.9 Å². The second-order valence-electron chi connectivity index (χ2n) is 10.8. The van der Waals surface area contributed by atoms with Gasteiger partial charge < -0.3 is 14.6 Å². The van der Waals surface area contributed by atoms with Crippen molar-refractivity contribution < 1.29 is 29.0 Å². The number of carboxylic acid groups (broad SMARTS) is 1. The number of fused-ring (bicyclic) bond motifs is 3. The molecule has 0 amide bonds. The van der Waals surface area contributed by atoms with Crippen LogP contribution in [0.4, 0.5) is 0 Å². The van der Waals surface area contributed by atoms with Gasteiger partial charge in [-0.3, -0.25) is 9.59 Å². The lowest BCUT2D eigenvalue weighted by atomic mass is 9.40. The Hall–Kier alpha value is -1.85. The van der Waals surface area contributed by atoms with Gasteiger partial charge in [0.05, 0.1) is 6.61 Å². The monoisotopic (exact) mass is 418 g/mol. The molecule has 30 heavy (non-hydrogen) atoms. The second kappa shape index (κ2) is 7.10. The predicted octanol–water partition coefficient (Wildman–Crippen LogP) is 4.12. The number of carbonyl (C=O) groups excluding carboxylic acids is 2. The Bertz CT molecular complexity index is 802. The third-order valence-corrected chi connectivity index (χ3v) is 8.90. The smallest absolute Gasteiger partial charge is 0.331 e. The van der Waals surface area contributed by atoms with Crippen molar-refractivity contribution in [2.75, 3.05) is 6.61 Å². The van der Waals surface area contributed by atoms with Crippen molar-refractivity contribution in [3.63, 3.8) is 0 Å². The summed E-state index contributed by atoms with van der Waals surface area (Å²) in [7, 11) is 0. The molecule has 3 fully saturated rings. The summed E-state index contributed by atoms with van der Waals surface area (Å²) in [5.41, 5.74) is 0.0774. The molecule has 0 aromatic heterocycles. The highest BCUT2D eigenvalue weighted by atomic mass is 16.5. The first kappa shape index (κ1) is 21.4. The summed E-state index contributed by atoms with van der Waals surface area (Å²) in [5.74, 6) is -0.992. The summed E-state index contributed by atoms with van der Waals surface area (Å²) in [6.45, 7) is 7.87. The number of ether oxygens (including phenoxy) is 2. The predicted molar refractivity (Wildman–Crippen MR) is 109 cm³/mol. The quantitative estimate of drug-likeness (QED) is 0.691. The first-order valence-electron chi connectivity index (χ1n) is 11.3. The molecular formula is C24H34O6. The number of esters is 2. The third kappa shape index (κ3) is 3.18. The highest BCUT2D eigenvalue weighted by Gasteiger charge is 2.66. The SMILES string of the molecule is CC(=O)OC[C@@]1(C)CCC[C@]2(C)[C@@H]1CC[C@]13C=C(C(=O)O)[C@H](C[C@H](OC(C)=O)[C@H]12)C3. The minimum atomic E-state index is -0.838. The number of rotatable bonds is 4. The summed E-state index contributed by atoms with van der Waals surface area (Å²) in [4.78, 5) is 35.5. The molecule has 0 aromatic rings. The van der Waals surface area contributed by atoms with E-state index in [0.29, 0.717) is 24.5 Å². The van der Waals surface area contributed by atoms with Gasteiger partial charge in [0.15, 0.2) is 0 Å². The lowest BCUT2D eigenvalue weighted by Gasteiger charge is -2.65. The molecule has 7 atom stereocenters. The van der Waals surface area contributed by atoms with E-state index in [1.165, 1.54) is 13.8 Å². The van der Waals surface area contributed by atoms with Gasteiger partial charge in [0.1, 0.15) is 6.10 Å². The van der Waals surface area contributed by atoms with Gasteiger partial charge in [0, 0.05) is 30.8 Å². The average Bonchev–Trinajstić information content (AvgIpc) is 2.91. The molecule has 4 rings (SSSR count). The molecule has 3 saturated carbocycles. The lowest BCUT2D eigenvalue weighted by Crippen LogP contribution is -2.61. The van der Waals surface area contributed by atoms with Gasteiger partial charge in [-0.15, -0.1) is 0 Å². The topological polar surface area (TPSA) is 89.9 Å². The second-order valence-corrected chi connectivity index (χ2v) is 10.8. The Morgan fingerprint density at radius 1 is 1.13 bits per heavy atom. The summed E-state index contributed by atoms with van der Waals surface area (Å²) >= 11 is 0. The van der Waals surface area contributed by atoms with Crippen molar-refractivity contribution in [2.24, 2.45) is 34.0 Å². The van der Waals surface area contributed by atoms with Gasteiger partial charge in [-0.05, 0) is 61.2 Å². The van der Waals surface area contributed by atoms with Gasteiger partial charge in [-0.1, -0.05) is 26.3 Å². The van der Waals surface area contributed by atoms with Crippen molar-refractivity contribution in [2.45, 2.75) is 78.7 Å². The van der Waals surface area contributed by atoms with Gasteiger partial charge in [0.2, 0.25) is 0 Å². The van der Waals surface area contributed by atoms with E-state index in [0.717, 1.165) is 38.5 Å². The van der Waals surface area contributed by atoms with E-state index in [9.17, 15) is 19.5 Å². The van der Waals surface area contributed by atoms with Crippen LogP contribution in [0.1, 0.15) is 72.6 Å². The number of hydrogen-bond donors (Lipinski definition) is 1. The van der Waals surface area contributed by atoms with E-state index >= 15 is 0 Å². The summed E-state index contributed by atoms with van der Waals surface area (Å²) in [5, 5.41) is 9.79. The molecule has 166 valence electrons. The highest BCUT2D eigenvalue weighted by molar-refractivity contribution is 5.88. The van der Waals surface area contributed by atoms with Crippen LogP contribution in [0.5, 0.6) is 0 Å². The van der Waals surface area contributed by atoms with Gasteiger partial charge >= 0.3 is 17.9 Å². The van der Waals surface area contributed by atoms with Crippen molar-refractivity contribution in [1.29, 1.82) is 0 Å². The fraction of sp³-hybridized carbons (Fsp3) is 0.792. The maximum Gasteiger partial charge on any atom is 0.331 e. The first-order valence-corrected chi connectivity index (χ1v) is 11.3. The Kier molecular flexibility index (Phi) is 5.06. The Labute approximate surface area is 178 Å². The van der Waals surface area contributed by atoms with Gasteiger partial charge in [-0.2, -0.15) is 0 Å². The Morgan fingerprint density at radius 3 is 2.50 bits per heavy atom. The van der Waals surface area contributed by atoms with Crippen LogP contribution in [-0.2, 0) is 23.9 Å². The molecular weight excluding hydrogens is 384 g/mol. The summed E-state index contributed by atoms with van der Waals surface area (Å²) in [6, 6.07) is 0. The molecule has 0 radical (unpaired) electrons. The maximum absolute atomic E-state index is 12.0. The van der Waals surface area contributed by atoms with E-state index in [-0.39, 0.29) is 46.1 Å². The third-order valence-electron chi connectivity index (χ3n) is 8.90. The minimum Gasteiger partial charge on any atom is -0.478 e. The first-order chi connectivity index (χ1) is 14.0. The molecule has 2 bridgehead atoms. The van der Waals surface area contributed by atoms with E-state index in [2.05, 4.69) is 13.8 Å². The number of allylic oxidation sites excluding steroid dienone is 1. The van der Waals surface area contributed by atoms with Crippen molar-refractivity contribution in [3.05, 3.63) is 11.6 Å². The normalized spacial score (nSPS) is 44.3. The van der Waals surface area contributed by atoms with E-state index in [1.54, 1.807) is 0 Å². The van der Waals surface area contributed by atoms with Crippen LogP contribution >= 0.6 is 0 Å². The van der Waals surface area contributed by atoms with E-state index < -0.39 is 5.97 Å². The highest BCUT2D eigenvalue weighted by Crippen LogP contribution is 2.71. The van der Waals surface area contributed by atoms with Crippen molar-refractivity contribution in [1.82, 2.24) is 0 Å². The maximum atomic E-state index is 12.0. The van der Waals surface area contributed by atoms with Crippen molar-refractivity contribution in [3.8, 4) is 0 Å². The van der Waals surface area contributed by atoms with Crippen LogP contribution in [0, 0.1) is 34.0 Å². The fourth-order valence-electron chi connectivity index (χ4n) is 8.17. The zero-order chi connectivity index (χ0) is 21.9. The molecule has 4 aliphatic rings. The molecule has 6 nitrogen and oxygen atoms in total. The number of carbonyl (C=O) groups is 3. The number of hydrogen-bond acceptors (Lipinski definition) is 5. The number of carboxylic acids is 1. The van der Waals surface area contributed by atoms with Crippen LogP contribution in [-0.4, -0.2) is 35.7 Å². The van der Waals surface area contributed by atoms with E-state index in [1.807, 2.05) is 6.08 Å². The van der Waals surface area contributed by atoms with Crippen LogP contribution in [0.25, 0.3) is 0 Å². The Balaban J connectivity index is 1.75. The molecule has 0 unspecified atom stereocenters. The molecule has 0 aliphatic heterocycles. The largest absolute Gasteiger partial charge is 0.478 e. The molecule has 1 N–H and O–H groups in total. The Morgan fingerprint density at radius 2 is 1.87 bits per heavy atom. The molecule has 0 aromatic carbocycles. The molecule has 0 saturated heterocycles. The minimum absolute atomic E-state index is 0.0423. The standard InChI is InChI=1S/C24H34O6/c1-14(25)29-13-22(3)7-5-8-23(4)19(22)6-9-24-11-16(17(12-24)21(27)28)10-18(20(23)24)30-15(2)26/h12,16,18-20H,5-11,13H2,1-4H3,(H,27,28)/t16-,18+,19-,20+,22-,23-,24+/m1/s1. The summed E-state index contributed by atoms with van der Waals surface area (Å²) < 4.78 is 11.4. The van der Waals surface area contributed by atoms with Gasteiger partial charge in [-0.25, -0.2) is 4.79 Å². The lowest BCUT2D eigenvalue weighted by molar-refractivity contribution is -0.203. The molecule has 1 spiro atoms. The van der Waals surface area contributed by atoms with Crippen LogP contribution in [0.2, 0.25) is 0 Å². The summed E-state index contributed by atoms with van der Waals surface area (Å²) in [6.07, 6.45) is 8.16. The van der Waals surface area contributed by atoms with Gasteiger partial charge in [0.25, 0.3) is 0 Å². The molecule has 6 heteroatoms. The van der Waals surface area contributed by atoms with Crippen LogP contribution in [0.15, 0.2) is 11.6 Å². The molecule has 0 heterocycles. The van der Waals surface area contributed by atoms with Crippen LogP contribution in [0.3, 0.4) is 0 Å². The zero-order valence-corrected chi connectivity index (χ0v) is 18.5. The molecule has 4 aliphatic carbocycles. The van der Waals surface area contributed by atoms with Crippen LogP contribution < -0.4 is 0 Å². The number of aliphatic carboxylic acids is 1.